The van der Waals surface area contributed by atoms with E-state index in [0.717, 1.165) is 16.0 Å². The van der Waals surface area contributed by atoms with Gasteiger partial charge in [0.2, 0.25) is 5.91 Å². The van der Waals surface area contributed by atoms with Gasteiger partial charge in [0.25, 0.3) is 0 Å². The second-order valence-electron chi connectivity index (χ2n) is 5.83. The quantitative estimate of drug-likeness (QED) is 0.725. The Labute approximate surface area is 156 Å². The number of anilines is 1. The van der Waals surface area contributed by atoms with Crippen LogP contribution in [0.1, 0.15) is 34.8 Å². The average molecular weight is 364 g/mol. The minimum Gasteiger partial charge on any atom is -0.545 e. The first-order chi connectivity index (χ1) is 12.6. The lowest BCUT2D eigenvalue weighted by Gasteiger charge is -2.11. The van der Waals surface area contributed by atoms with Crippen molar-refractivity contribution in [3.63, 3.8) is 0 Å². The van der Waals surface area contributed by atoms with Crippen molar-refractivity contribution < 1.29 is 14.7 Å². The smallest absolute Gasteiger partial charge is 0.224 e. The minimum absolute atomic E-state index is 0.0690. The van der Waals surface area contributed by atoms with Crippen LogP contribution in [0.5, 0.6) is 0 Å². The molecule has 0 saturated heterocycles. The molecular formula is C21H18NO3S-. The summed E-state index contributed by atoms with van der Waals surface area (Å²) in [5.41, 5.74) is 2.65. The van der Waals surface area contributed by atoms with Crippen LogP contribution in [-0.4, -0.2) is 11.9 Å². The Hall–Kier alpha value is -2.92. The molecule has 1 aromatic heterocycles. The third-order valence-electron chi connectivity index (χ3n) is 4.04. The Bertz CT molecular complexity index is 917. The van der Waals surface area contributed by atoms with Crippen molar-refractivity contribution in [1.29, 1.82) is 0 Å². The van der Waals surface area contributed by atoms with E-state index in [1.807, 2.05) is 60.7 Å². The summed E-state index contributed by atoms with van der Waals surface area (Å²) < 4.78 is 0. The molecule has 1 amide bonds. The highest BCUT2D eigenvalue weighted by Gasteiger charge is 2.21. The number of carboxylic acids is 1. The van der Waals surface area contributed by atoms with Crippen LogP contribution in [0.15, 0.2) is 60.7 Å². The predicted molar refractivity (Wildman–Crippen MR) is 102 cm³/mol. The number of nitrogens with one attached hydrogen (secondary N) is 1. The van der Waals surface area contributed by atoms with Crippen molar-refractivity contribution in [2.45, 2.75) is 19.8 Å². The highest BCUT2D eigenvalue weighted by atomic mass is 32.1. The van der Waals surface area contributed by atoms with E-state index >= 15 is 0 Å². The van der Waals surface area contributed by atoms with Gasteiger partial charge in [0.15, 0.2) is 0 Å². The first-order valence-corrected chi connectivity index (χ1v) is 9.18. The summed E-state index contributed by atoms with van der Waals surface area (Å²) in [6.45, 7) is 1.73. The third-order valence-corrected chi connectivity index (χ3v) is 5.24. The molecule has 0 aliphatic carbocycles. The lowest BCUT2D eigenvalue weighted by molar-refractivity contribution is -0.254. The minimum atomic E-state index is -1.28. The third kappa shape index (κ3) is 3.83. The molecule has 0 unspecified atom stereocenters. The Morgan fingerprint density at radius 2 is 1.62 bits per heavy atom. The van der Waals surface area contributed by atoms with E-state index in [1.165, 1.54) is 11.3 Å². The van der Waals surface area contributed by atoms with Gasteiger partial charge in [-0.15, -0.1) is 11.3 Å². The number of thiophene rings is 1. The van der Waals surface area contributed by atoms with Gasteiger partial charge in [0.1, 0.15) is 5.00 Å². The van der Waals surface area contributed by atoms with Gasteiger partial charge in [-0.3, -0.25) is 4.79 Å². The highest BCUT2D eigenvalue weighted by Crippen LogP contribution is 2.41. The first kappa shape index (κ1) is 17.9. The summed E-state index contributed by atoms with van der Waals surface area (Å²) in [6.07, 6.45) is 0.728. The molecule has 0 bridgehead atoms. The van der Waals surface area contributed by atoms with E-state index in [0.29, 0.717) is 17.0 Å². The molecule has 0 radical (unpaired) electrons. The van der Waals surface area contributed by atoms with E-state index in [4.69, 9.17) is 0 Å². The van der Waals surface area contributed by atoms with Gasteiger partial charge in [-0.2, -0.15) is 0 Å². The van der Waals surface area contributed by atoms with Gasteiger partial charge in [-0.05, 0) is 23.1 Å². The summed E-state index contributed by atoms with van der Waals surface area (Å²) >= 11 is 1.28. The maximum absolute atomic E-state index is 11.9. The number of carbonyl (C=O) groups is 2. The number of aromatic carboxylic acids is 1. The zero-order valence-electron chi connectivity index (χ0n) is 14.3. The molecule has 132 valence electrons. The number of amides is 1. The first-order valence-electron chi connectivity index (χ1n) is 8.36. The molecule has 5 heteroatoms. The van der Waals surface area contributed by atoms with E-state index in [-0.39, 0.29) is 17.9 Å². The summed E-state index contributed by atoms with van der Waals surface area (Å²) in [4.78, 5) is 24.6. The predicted octanol–water partition coefficient (Wildman–Crippen LogP) is 3.72. The molecule has 1 heterocycles. The Kier molecular flexibility index (Phi) is 5.49. The van der Waals surface area contributed by atoms with Crippen LogP contribution >= 0.6 is 11.3 Å². The van der Waals surface area contributed by atoms with Crippen LogP contribution in [0.4, 0.5) is 5.00 Å². The molecule has 2 aromatic carbocycles. The van der Waals surface area contributed by atoms with Gasteiger partial charge >= 0.3 is 0 Å². The van der Waals surface area contributed by atoms with Crippen molar-refractivity contribution in [3.05, 3.63) is 77.4 Å². The molecule has 0 aliphatic rings. The molecular weight excluding hydrogens is 346 g/mol. The summed E-state index contributed by atoms with van der Waals surface area (Å²) in [5, 5.41) is 14.9. The Balaban J connectivity index is 2.16. The van der Waals surface area contributed by atoms with Crippen molar-refractivity contribution in [2.75, 3.05) is 5.32 Å². The van der Waals surface area contributed by atoms with Crippen LogP contribution in [0.25, 0.3) is 10.4 Å². The molecule has 3 aromatic rings. The summed E-state index contributed by atoms with van der Waals surface area (Å²) in [6, 6.07) is 19.3. The molecule has 0 aliphatic heterocycles. The van der Waals surface area contributed by atoms with Crippen molar-refractivity contribution in [1.82, 2.24) is 0 Å². The Morgan fingerprint density at radius 1 is 1.00 bits per heavy atom. The fraction of sp³-hybridized carbons (Fsp3) is 0.143. The normalized spacial score (nSPS) is 10.5. The maximum atomic E-state index is 11.9. The number of carboxylic acid groups (broad SMARTS) is 1. The van der Waals surface area contributed by atoms with Gasteiger partial charge < -0.3 is 15.2 Å². The molecule has 1 N–H and O–H groups in total. The molecule has 0 fully saturated rings. The lowest BCUT2D eigenvalue weighted by atomic mass is 9.98. The molecule has 26 heavy (non-hydrogen) atoms. The number of benzene rings is 2. The molecule has 3 rings (SSSR count). The lowest BCUT2D eigenvalue weighted by Crippen LogP contribution is -2.25. The van der Waals surface area contributed by atoms with Crippen molar-refractivity contribution in [3.8, 4) is 10.4 Å². The number of carbonyl (C=O) groups excluding carboxylic acids is 2. The number of rotatable bonds is 6. The fourth-order valence-electron chi connectivity index (χ4n) is 2.78. The summed E-state index contributed by atoms with van der Waals surface area (Å²) in [7, 11) is 0. The topological polar surface area (TPSA) is 69.2 Å². The van der Waals surface area contributed by atoms with Gasteiger partial charge in [-0.1, -0.05) is 67.6 Å². The van der Waals surface area contributed by atoms with Crippen molar-refractivity contribution >= 4 is 28.2 Å². The standard InChI is InChI=1S/C21H19NO3S/c1-2-17(23)22-20-18(21(24)25)16(13-14-9-5-3-6-10-14)19(26-20)15-11-7-4-8-12-15/h3-12H,2,13H2,1H3,(H,22,23)(H,24,25)/p-1. The van der Waals surface area contributed by atoms with Gasteiger partial charge in [-0.25, -0.2) is 0 Å². The molecule has 4 nitrogen and oxygen atoms in total. The SMILES string of the molecule is CCC(=O)Nc1sc(-c2ccccc2)c(Cc2ccccc2)c1C(=O)[O-]. The average Bonchev–Trinajstić information content (AvgIpc) is 3.01. The molecule has 0 saturated carbocycles. The second-order valence-corrected chi connectivity index (χ2v) is 6.85. The van der Waals surface area contributed by atoms with Crippen LogP contribution in [-0.2, 0) is 11.2 Å². The van der Waals surface area contributed by atoms with Crippen LogP contribution in [0.3, 0.4) is 0 Å². The largest absolute Gasteiger partial charge is 0.545 e. The molecule has 0 atom stereocenters. The van der Waals surface area contributed by atoms with Crippen LogP contribution < -0.4 is 10.4 Å². The zero-order chi connectivity index (χ0) is 18.5. The van der Waals surface area contributed by atoms with Gasteiger partial charge in [0, 0.05) is 16.9 Å². The van der Waals surface area contributed by atoms with Crippen LogP contribution in [0, 0.1) is 0 Å². The van der Waals surface area contributed by atoms with E-state index in [1.54, 1.807) is 6.92 Å². The van der Waals surface area contributed by atoms with E-state index < -0.39 is 5.97 Å². The molecule has 0 spiro atoms. The number of hydrogen-bond acceptors (Lipinski definition) is 4. The van der Waals surface area contributed by atoms with Crippen molar-refractivity contribution in [2.24, 2.45) is 0 Å². The fourth-order valence-corrected chi connectivity index (χ4v) is 4.00. The zero-order valence-corrected chi connectivity index (χ0v) is 15.1. The summed E-state index contributed by atoms with van der Waals surface area (Å²) in [5.74, 6) is -1.50. The Morgan fingerprint density at radius 3 is 2.19 bits per heavy atom. The maximum Gasteiger partial charge on any atom is 0.224 e. The monoisotopic (exact) mass is 364 g/mol. The van der Waals surface area contributed by atoms with Gasteiger partial charge in [0.05, 0.1) is 5.97 Å². The van der Waals surface area contributed by atoms with Crippen LogP contribution in [0.2, 0.25) is 0 Å². The second kappa shape index (κ2) is 7.97. The van der Waals surface area contributed by atoms with E-state index in [2.05, 4.69) is 5.32 Å². The van der Waals surface area contributed by atoms with E-state index in [9.17, 15) is 14.7 Å². The number of hydrogen-bond donors (Lipinski definition) is 1. The highest BCUT2D eigenvalue weighted by molar-refractivity contribution is 7.20.